The van der Waals surface area contributed by atoms with Gasteiger partial charge in [0.2, 0.25) is 0 Å². The van der Waals surface area contributed by atoms with Gasteiger partial charge in [-0.1, -0.05) is 48.0 Å². The van der Waals surface area contributed by atoms with Gasteiger partial charge in [-0.25, -0.2) is 0 Å². The summed E-state index contributed by atoms with van der Waals surface area (Å²) in [5.41, 5.74) is 2.05. The van der Waals surface area contributed by atoms with Crippen LogP contribution in [-0.2, 0) is 4.43 Å². The first-order chi connectivity index (χ1) is 8.41. The second-order valence-electron chi connectivity index (χ2n) is 6.69. The van der Waals surface area contributed by atoms with Crippen LogP contribution in [-0.4, -0.2) is 8.32 Å². The van der Waals surface area contributed by atoms with Crippen LogP contribution in [0.4, 0.5) is 0 Å². The maximum absolute atomic E-state index is 6.74. The highest BCUT2D eigenvalue weighted by Gasteiger charge is 2.47. The van der Waals surface area contributed by atoms with E-state index in [1.165, 1.54) is 37.9 Å². The van der Waals surface area contributed by atoms with Gasteiger partial charge in [-0.05, 0) is 42.0 Å². The van der Waals surface area contributed by atoms with Crippen LogP contribution in [0, 0.1) is 0 Å². The molecule has 1 aliphatic rings. The predicted molar refractivity (Wildman–Crippen MR) is 83.3 cm³/mol. The fourth-order valence-corrected chi connectivity index (χ4v) is 9.01. The minimum Gasteiger partial charge on any atom is -0.546 e. The summed E-state index contributed by atoms with van der Waals surface area (Å²) >= 11 is 0. The number of hydrogen-bond donors (Lipinski definition) is 0. The Labute approximate surface area is 115 Å². The quantitative estimate of drug-likeness (QED) is 0.553. The van der Waals surface area contributed by atoms with Crippen LogP contribution in [0.3, 0.4) is 0 Å². The standard InChI is InChI=1S/C16H32OSi/c1-13(2)18(14(3)4,15(5)6)17-16-11-9-7-8-10-12-16/h11,13-15H,7-10,12H2,1-6H3. The molecule has 1 rings (SSSR count). The predicted octanol–water partition coefficient (Wildman–Crippen LogP) is 6.03. The van der Waals surface area contributed by atoms with Crippen molar-refractivity contribution < 1.29 is 4.43 Å². The third kappa shape index (κ3) is 3.40. The number of rotatable bonds is 5. The molecule has 0 spiro atoms. The summed E-state index contributed by atoms with van der Waals surface area (Å²) in [7, 11) is -1.71. The van der Waals surface area contributed by atoms with Crippen molar-refractivity contribution in [2.45, 2.75) is 90.3 Å². The summed E-state index contributed by atoms with van der Waals surface area (Å²) in [6.45, 7) is 14.2. The molecule has 0 aromatic heterocycles. The first kappa shape index (κ1) is 15.8. The minimum absolute atomic E-state index is 0.682. The Bertz CT molecular complexity index is 257. The molecule has 0 amide bonds. The van der Waals surface area contributed by atoms with Gasteiger partial charge in [0.25, 0.3) is 8.32 Å². The molecule has 0 aromatic carbocycles. The van der Waals surface area contributed by atoms with Gasteiger partial charge in [-0.15, -0.1) is 0 Å². The Morgan fingerprint density at radius 2 is 1.44 bits per heavy atom. The Hall–Kier alpha value is -0.243. The minimum atomic E-state index is -1.71. The second kappa shape index (κ2) is 6.79. The lowest BCUT2D eigenvalue weighted by Gasteiger charge is -2.43. The third-order valence-corrected chi connectivity index (χ3v) is 10.5. The summed E-state index contributed by atoms with van der Waals surface area (Å²) in [5.74, 6) is 1.32. The lowest BCUT2D eigenvalue weighted by molar-refractivity contribution is 0.352. The van der Waals surface area contributed by atoms with Gasteiger partial charge in [-0.3, -0.25) is 0 Å². The molecule has 0 atom stereocenters. The molecule has 0 N–H and O–H groups in total. The first-order valence-electron chi connectivity index (χ1n) is 7.79. The fraction of sp³-hybridized carbons (Fsp3) is 0.875. The van der Waals surface area contributed by atoms with Crippen molar-refractivity contribution in [2.24, 2.45) is 0 Å². The third-order valence-electron chi connectivity index (χ3n) is 4.51. The van der Waals surface area contributed by atoms with Crippen LogP contribution in [0.15, 0.2) is 11.8 Å². The molecule has 1 nitrogen and oxygen atoms in total. The lowest BCUT2D eigenvalue weighted by atomic mass is 10.2. The Morgan fingerprint density at radius 1 is 0.889 bits per heavy atom. The molecule has 0 saturated heterocycles. The van der Waals surface area contributed by atoms with Crippen molar-refractivity contribution in [1.82, 2.24) is 0 Å². The molecule has 2 heteroatoms. The molecule has 1 aliphatic carbocycles. The van der Waals surface area contributed by atoms with E-state index in [4.69, 9.17) is 4.43 Å². The van der Waals surface area contributed by atoms with Crippen LogP contribution in [0.2, 0.25) is 16.6 Å². The molecule has 18 heavy (non-hydrogen) atoms. The fourth-order valence-electron chi connectivity index (χ4n) is 3.66. The van der Waals surface area contributed by atoms with Crippen molar-refractivity contribution in [3.63, 3.8) is 0 Å². The van der Waals surface area contributed by atoms with E-state index in [0.29, 0.717) is 16.6 Å². The first-order valence-corrected chi connectivity index (χ1v) is 9.93. The smallest absolute Gasteiger partial charge is 0.258 e. The Balaban J connectivity index is 2.93. The number of allylic oxidation sites excluding steroid dienone is 2. The maximum atomic E-state index is 6.74. The highest BCUT2D eigenvalue weighted by molar-refractivity contribution is 6.77. The average Bonchev–Trinajstić information content (AvgIpc) is 2.52. The van der Waals surface area contributed by atoms with E-state index in [0.717, 1.165) is 0 Å². The van der Waals surface area contributed by atoms with Gasteiger partial charge < -0.3 is 4.43 Å². The lowest BCUT2D eigenvalue weighted by Crippen LogP contribution is -2.47. The van der Waals surface area contributed by atoms with Crippen LogP contribution >= 0.6 is 0 Å². The monoisotopic (exact) mass is 268 g/mol. The van der Waals surface area contributed by atoms with Crippen LogP contribution < -0.4 is 0 Å². The topological polar surface area (TPSA) is 9.23 Å². The SMILES string of the molecule is CC(C)[Si](OC1=CCCCCC1)(C(C)C)C(C)C. The van der Waals surface area contributed by atoms with Crippen molar-refractivity contribution >= 4 is 8.32 Å². The summed E-state index contributed by atoms with van der Waals surface area (Å²) in [6, 6.07) is 0. The van der Waals surface area contributed by atoms with E-state index in [2.05, 4.69) is 47.6 Å². The Morgan fingerprint density at radius 3 is 1.94 bits per heavy atom. The molecule has 0 radical (unpaired) electrons. The van der Waals surface area contributed by atoms with Gasteiger partial charge in [0.05, 0.1) is 5.76 Å². The molecule has 0 aliphatic heterocycles. The van der Waals surface area contributed by atoms with E-state index in [1.807, 2.05) is 0 Å². The van der Waals surface area contributed by atoms with Crippen LogP contribution in [0.25, 0.3) is 0 Å². The van der Waals surface area contributed by atoms with E-state index >= 15 is 0 Å². The highest BCUT2D eigenvalue weighted by atomic mass is 28.4. The largest absolute Gasteiger partial charge is 0.546 e. The van der Waals surface area contributed by atoms with E-state index in [9.17, 15) is 0 Å². The van der Waals surface area contributed by atoms with Gasteiger partial charge in [0.1, 0.15) is 0 Å². The molecule has 0 fully saturated rings. The Kier molecular flexibility index (Phi) is 5.96. The molecule has 106 valence electrons. The zero-order chi connectivity index (χ0) is 13.8. The zero-order valence-electron chi connectivity index (χ0n) is 13.3. The normalized spacial score (nSPS) is 18.2. The van der Waals surface area contributed by atoms with E-state index in [1.54, 1.807) is 0 Å². The van der Waals surface area contributed by atoms with Crippen LogP contribution in [0.1, 0.15) is 73.6 Å². The highest BCUT2D eigenvalue weighted by Crippen LogP contribution is 2.44. The van der Waals surface area contributed by atoms with E-state index in [-0.39, 0.29) is 0 Å². The molecule has 0 unspecified atom stereocenters. The molecular weight excluding hydrogens is 236 g/mol. The van der Waals surface area contributed by atoms with Crippen LogP contribution in [0.5, 0.6) is 0 Å². The molecule has 0 saturated carbocycles. The molecule has 0 bridgehead atoms. The number of hydrogen-bond acceptors (Lipinski definition) is 1. The summed E-state index contributed by atoms with van der Waals surface area (Å²) in [6.07, 6.45) is 8.77. The summed E-state index contributed by atoms with van der Waals surface area (Å²) in [4.78, 5) is 0. The van der Waals surface area contributed by atoms with Gasteiger partial charge >= 0.3 is 0 Å². The van der Waals surface area contributed by atoms with E-state index < -0.39 is 8.32 Å². The van der Waals surface area contributed by atoms with Crippen molar-refractivity contribution in [1.29, 1.82) is 0 Å². The van der Waals surface area contributed by atoms with Crippen molar-refractivity contribution in [3.8, 4) is 0 Å². The van der Waals surface area contributed by atoms with Gasteiger partial charge in [0, 0.05) is 6.42 Å². The summed E-state index contributed by atoms with van der Waals surface area (Å²) in [5, 5.41) is 0. The van der Waals surface area contributed by atoms with Crippen molar-refractivity contribution in [3.05, 3.63) is 11.8 Å². The molecule has 0 aromatic rings. The summed E-state index contributed by atoms with van der Waals surface area (Å²) < 4.78 is 6.74. The van der Waals surface area contributed by atoms with Crippen molar-refractivity contribution in [2.75, 3.05) is 0 Å². The molecule has 0 heterocycles. The average molecular weight is 269 g/mol. The van der Waals surface area contributed by atoms with Gasteiger partial charge in [0.15, 0.2) is 0 Å². The second-order valence-corrected chi connectivity index (χ2v) is 12.1. The molecular formula is C16H32OSi. The maximum Gasteiger partial charge on any atom is 0.258 e. The zero-order valence-corrected chi connectivity index (χ0v) is 14.3. The van der Waals surface area contributed by atoms with Gasteiger partial charge in [-0.2, -0.15) is 0 Å².